The Morgan fingerprint density at radius 3 is 2.52 bits per heavy atom. The first kappa shape index (κ1) is 21.9. The molecular weight excluding hydrogens is 459 g/mol. The first-order valence-corrected chi connectivity index (χ1v) is 9.90. The largest absolute Gasteiger partial charge is 0.461 e. The van der Waals surface area contributed by atoms with Gasteiger partial charge in [0.05, 0.1) is 22.2 Å². The Bertz CT molecular complexity index is 875. The van der Waals surface area contributed by atoms with Gasteiger partial charge < -0.3 is 19.4 Å². The number of carbonyl (C=O) groups excluding carboxylic acids is 2. The average molecular weight is 480 g/mol. The molecule has 6 nitrogen and oxygen atoms in total. The molecule has 0 radical (unpaired) electrons. The van der Waals surface area contributed by atoms with E-state index in [0.29, 0.717) is 25.7 Å². The predicted molar refractivity (Wildman–Crippen MR) is 110 cm³/mol. The second-order valence-electron chi connectivity index (χ2n) is 6.75. The topological polar surface area (TPSA) is 69.6 Å². The highest BCUT2D eigenvalue weighted by atomic mass is 79.9. The van der Waals surface area contributed by atoms with Crippen LogP contribution < -0.4 is 5.32 Å². The molecule has 2 aromatic rings. The molecule has 0 bridgehead atoms. The summed E-state index contributed by atoms with van der Waals surface area (Å²) in [5, 5.41) is 4.07. The van der Waals surface area contributed by atoms with Crippen molar-refractivity contribution in [2.24, 2.45) is 0 Å². The molecule has 0 unspecified atom stereocenters. The number of aromatic nitrogens is 1. The molecule has 1 N–H and O–H groups in total. The fraction of sp³-hybridized carbons (Fsp3) is 0.444. The van der Waals surface area contributed by atoms with Gasteiger partial charge in [-0.3, -0.25) is 0 Å². The van der Waals surface area contributed by atoms with E-state index in [1.54, 1.807) is 44.4 Å². The average Bonchev–Trinajstić information content (AvgIpc) is 2.91. The Hall–Kier alpha value is -1.44. The fourth-order valence-electron chi connectivity index (χ4n) is 2.52. The number of nitrogens with zero attached hydrogens (tertiary/aromatic N) is 1. The van der Waals surface area contributed by atoms with Crippen LogP contribution in [-0.2, 0) is 16.0 Å². The number of hydrogen-bond acceptors (Lipinski definition) is 4. The highest BCUT2D eigenvalue weighted by molar-refractivity contribution is 9.10. The summed E-state index contributed by atoms with van der Waals surface area (Å²) in [5.41, 5.74) is 0.315. The lowest BCUT2D eigenvalue weighted by Gasteiger charge is -2.20. The molecule has 0 saturated carbocycles. The lowest BCUT2D eigenvalue weighted by molar-refractivity contribution is 0.0514. The molecule has 1 heterocycles. The maximum Gasteiger partial charge on any atom is 0.407 e. The molecular formula is C18H21BrCl2N2O4. The molecule has 0 spiro atoms. The van der Waals surface area contributed by atoms with Crippen molar-refractivity contribution in [2.75, 3.05) is 13.2 Å². The number of ether oxygens (including phenoxy) is 2. The molecule has 0 aliphatic carbocycles. The van der Waals surface area contributed by atoms with Crippen molar-refractivity contribution in [3.05, 3.63) is 32.3 Å². The number of carbonyl (C=O) groups is 2. The van der Waals surface area contributed by atoms with Gasteiger partial charge in [0.25, 0.3) is 0 Å². The fourth-order valence-corrected chi connectivity index (χ4v) is 3.64. The van der Waals surface area contributed by atoms with Crippen LogP contribution in [0.2, 0.25) is 10.0 Å². The van der Waals surface area contributed by atoms with Crippen LogP contribution in [0.3, 0.4) is 0 Å². The molecule has 0 saturated heterocycles. The number of benzene rings is 1. The van der Waals surface area contributed by atoms with Crippen molar-refractivity contribution in [1.82, 2.24) is 9.88 Å². The summed E-state index contributed by atoms with van der Waals surface area (Å²) < 4.78 is 12.7. The second kappa shape index (κ2) is 8.71. The van der Waals surface area contributed by atoms with Crippen molar-refractivity contribution >= 4 is 62.1 Å². The van der Waals surface area contributed by atoms with E-state index in [-0.39, 0.29) is 19.7 Å². The van der Waals surface area contributed by atoms with Crippen LogP contribution in [-0.4, -0.2) is 35.4 Å². The normalized spacial score (nSPS) is 11.5. The summed E-state index contributed by atoms with van der Waals surface area (Å²) in [6.45, 7) is 7.83. The van der Waals surface area contributed by atoms with Gasteiger partial charge in [-0.1, -0.05) is 39.1 Å². The van der Waals surface area contributed by atoms with Gasteiger partial charge in [-0.25, -0.2) is 9.59 Å². The molecule has 0 aliphatic rings. The maximum absolute atomic E-state index is 12.4. The van der Waals surface area contributed by atoms with Crippen molar-refractivity contribution < 1.29 is 19.1 Å². The zero-order valence-corrected chi connectivity index (χ0v) is 18.6. The van der Waals surface area contributed by atoms with E-state index in [0.717, 1.165) is 5.39 Å². The van der Waals surface area contributed by atoms with E-state index < -0.39 is 17.7 Å². The number of rotatable bonds is 5. The number of hydrogen-bond donors (Lipinski definition) is 1. The summed E-state index contributed by atoms with van der Waals surface area (Å²) in [5.74, 6) is -0.481. The molecule has 1 aromatic carbocycles. The van der Waals surface area contributed by atoms with Crippen LogP contribution in [0.1, 0.15) is 38.2 Å². The number of amides is 1. The standard InChI is InChI=1S/C18H21BrCl2N2O4/c1-5-26-16(24)13-8-10-11(19)9-12(20)14(21)15(10)23(13)7-6-22-17(25)27-18(2,3)4/h8-9H,5-7H2,1-4H3,(H,22,25). The molecule has 27 heavy (non-hydrogen) atoms. The molecule has 0 atom stereocenters. The molecule has 0 fully saturated rings. The molecule has 1 aromatic heterocycles. The molecule has 0 aliphatic heterocycles. The molecule has 2 rings (SSSR count). The Morgan fingerprint density at radius 2 is 1.93 bits per heavy atom. The summed E-state index contributed by atoms with van der Waals surface area (Å²) in [6.07, 6.45) is -0.540. The van der Waals surface area contributed by atoms with Gasteiger partial charge in [-0.05, 0) is 39.8 Å². The van der Waals surface area contributed by atoms with Gasteiger partial charge in [-0.2, -0.15) is 0 Å². The van der Waals surface area contributed by atoms with Crippen LogP contribution in [0.4, 0.5) is 4.79 Å². The third-order valence-electron chi connectivity index (χ3n) is 3.51. The van der Waals surface area contributed by atoms with E-state index in [2.05, 4.69) is 21.2 Å². The predicted octanol–water partition coefficient (Wildman–Crippen LogP) is 5.41. The Morgan fingerprint density at radius 1 is 1.26 bits per heavy atom. The Labute approximate surface area is 176 Å². The number of alkyl carbamates (subject to hydrolysis) is 1. The third-order valence-corrected chi connectivity index (χ3v) is 4.95. The van der Waals surface area contributed by atoms with Crippen LogP contribution >= 0.6 is 39.1 Å². The van der Waals surface area contributed by atoms with Crippen molar-refractivity contribution in [2.45, 2.75) is 39.8 Å². The van der Waals surface area contributed by atoms with E-state index in [9.17, 15) is 9.59 Å². The summed E-state index contributed by atoms with van der Waals surface area (Å²) >= 11 is 16.0. The Balaban J connectivity index is 2.36. The quantitative estimate of drug-likeness (QED) is 0.459. The summed E-state index contributed by atoms with van der Waals surface area (Å²) in [7, 11) is 0. The van der Waals surface area contributed by atoms with Crippen LogP contribution in [0.5, 0.6) is 0 Å². The minimum atomic E-state index is -0.595. The van der Waals surface area contributed by atoms with Crippen molar-refractivity contribution in [3.8, 4) is 0 Å². The van der Waals surface area contributed by atoms with Gasteiger partial charge >= 0.3 is 12.1 Å². The van der Waals surface area contributed by atoms with Crippen molar-refractivity contribution in [1.29, 1.82) is 0 Å². The highest BCUT2D eigenvalue weighted by Crippen LogP contribution is 2.38. The van der Waals surface area contributed by atoms with Crippen LogP contribution in [0.15, 0.2) is 16.6 Å². The van der Waals surface area contributed by atoms with E-state index in [1.165, 1.54) is 0 Å². The third kappa shape index (κ3) is 5.30. The number of esters is 1. The van der Waals surface area contributed by atoms with Gasteiger partial charge in [0, 0.05) is 22.9 Å². The van der Waals surface area contributed by atoms with Gasteiger partial charge in [-0.15, -0.1) is 0 Å². The molecule has 1 amide bonds. The SMILES string of the molecule is CCOC(=O)c1cc2c(Br)cc(Cl)c(Cl)c2n1CCNC(=O)OC(C)(C)C. The zero-order chi connectivity index (χ0) is 20.4. The minimum Gasteiger partial charge on any atom is -0.461 e. The molecule has 9 heteroatoms. The van der Waals surface area contributed by atoms with Gasteiger partial charge in [0.2, 0.25) is 0 Å². The van der Waals surface area contributed by atoms with E-state index >= 15 is 0 Å². The zero-order valence-electron chi connectivity index (χ0n) is 15.5. The van der Waals surface area contributed by atoms with E-state index in [4.69, 9.17) is 32.7 Å². The van der Waals surface area contributed by atoms with Gasteiger partial charge in [0.1, 0.15) is 11.3 Å². The highest BCUT2D eigenvalue weighted by Gasteiger charge is 2.22. The number of nitrogens with one attached hydrogen (secondary N) is 1. The lowest BCUT2D eigenvalue weighted by Crippen LogP contribution is -2.34. The lowest BCUT2D eigenvalue weighted by atomic mass is 10.2. The van der Waals surface area contributed by atoms with Gasteiger partial charge in [0.15, 0.2) is 0 Å². The molecule has 148 valence electrons. The minimum absolute atomic E-state index is 0.228. The smallest absolute Gasteiger partial charge is 0.407 e. The van der Waals surface area contributed by atoms with Crippen molar-refractivity contribution in [3.63, 3.8) is 0 Å². The number of fused-ring (bicyclic) bond motifs is 1. The summed E-state index contributed by atoms with van der Waals surface area (Å²) in [4.78, 5) is 24.2. The first-order chi connectivity index (χ1) is 12.5. The first-order valence-electron chi connectivity index (χ1n) is 8.36. The van der Waals surface area contributed by atoms with Crippen LogP contribution in [0.25, 0.3) is 10.9 Å². The second-order valence-corrected chi connectivity index (χ2v) is 8.39. The van der Waals surface area contributed by atoms with Crippen LogP contribution in [0, 0.1) is 0 Å². The monoisotopic (exact) mass is 478 g/mol. The summed E-state index contributed by atoms with van der Waals surface area (Å²) in [6, 6.07) is 3.36. The maximum atomic E-state index is 12.4. The Kier molecular flexibility index (Phi) is 7.05. The van der Waals surface area contributed by atoms with E-state index in [1.807, 2.05) is 0 Å². The number of halogens is 3.